The lowest BCUT2D eigenvalue weighted by atomic mass is 10.1. The number of hydrogen-bond acceptors (Lipinski definition) is 6. The smallest absolute Gasteiger partial charge is 0.222 e. The number of nitrogens with two attached hydrogens (primary N) is 1. The third-order valence-corrected chi connectivity index (χ3v) is 3.66. The summed E-state index contributed by atoms with van der Waals surface area (Å²) in [5, 5.41) is 3.37. The molecule has 0 aliphatic carbocycles. The van der Waals surface area contributed by atoms with Gasteiger partial charge in [0.15, 0.2) is 0 Å². The molecule has 0 amide bonds. The van der Waals surface area contributed by atoms with Crippen molar-refractivity contribution >= 4 is 11.8 Å². The third kappa shape index (κ3) is 3.21. The highest BCUT2D eigenvalue weighted by atomic mass is 16.5. The Morgan fingerprint density at radius 3 is 2.50 bits per heavy atom. The number of rotatable bonds is 5. The molecule has 1 atom stereocenters. The zero-order valence-corrected chi connectivity index (χ0v) is 13.6. The Kier molecular flexibility index (Phi) is 4.70. The molecular formula is C16H22N4O2. The van der Waals surface area contributed by atoms with Crippen molar-refractivity contribution in [2.45, 2.75) is 26.8 Å². The van der Waals surface area contributed by atoms with Crippen LogP contribution in [0, 0.1) is 13.8 Å². The van der Waals surface area contributed by atoms with Crippen LogP contribution in [0.3, 0.4) is 0 Å². The number of aryl methyl sites for hydroxylation is 1. The molecule has 1 unspecified atom stereocenters. The fourth-order valence-electron chi connectivity index (χ4n) is 2.25. The number of benzene rings is 1. The average Bonchev–Trinajstić information content (AvgIpc) is 2.51. The van der Waals surface area contributed by atoms with E-state index in [-0.39, 0.29) is 12.0 Å². The molecule has 22 heavy (non-hydrogen) atoms. The zero-order chi connectivity index (χ0) is 16.3. The van der Waals surface area contributed by atoms with E-state index in [1.165, 1.54) is 0 Å². The minimum Gasteiger partial charge on any atom is -0.497 e. The lowest BCUT2D eigenvalue weighted by molar-refractivity contribution is 0.397. The van der Waals surface area contributed by atoms with Crippen LogP contribution in [0.2, 0.25) is 0 Å². The van der Waals surface area contributed by atoms with Crippen molar-refractivity contribution < 1.29 is 9.47 Å². The first-order chi connectivity index (χ1) is 10.5. The third-order valence-electron chi connectivity index (χ3n) is 3.66. The van der Waals surface area contributed by atoms with Gasteiger partial charge in [-0.3, -0.25) is 0 Å². The van der Waals surface area contributed by atoms with Crippen molar-refractivity contribution in [2.24, 2.45) is 0 Å². The molecule has 0 spiro atoms. The molecule has 0 radical (unpaired) electrons. The summed E-state index contributed by atoms with van der Waals surface area (Å²) in [6.07, 6.45) is 0. The molecule has 118 valence electrons. The van der Waals surface area contributed by atoms with Gasteiger partial charge < -0.3 is 20.5 Å². The summed E-state index contributed by atoms with van der Waals surface area (Å²) in [4.78, 5) is 8.44. The maximum absolute atomic E-state index is 5.74. The summed E-state index contributed by atoms with van der Waals surface area (Å²) in [5.74, 6) is 2.55. The van der Waals surface area contributed by atoms with Gasteiger partial charge in [-0.05, 0) is 39.0 Å². The van der Waals surface area contributed by atoms with Gasteiger partial charge in [0.1, 0.15) is 17.3 Å². The van der Waals surface area contributed by atoms with E-state index in [1.807, 2.05) is 39.0 Å². The molecule has 3 N–H and O–H groups in total. The Balaban J connectivity index is 2.35. The number of hydrogen-bond donors (Lipinski definition) is 2. The molecule has 2 rings (SSSR count). The van der Waals surface area contributed by atoms with Crippen LogP contribution in [0.25, 0.3) is 0 Å². The summed E-state index contributed by atoms with van der Waals surface area (Å²) in [6.45, 7) is 5.91. The molecule has 0 aliphatic heterocycles. The standard InChI is InChI=1S/C16H22N4O2/c1-9-10(2)19-16(17)20-15(9)18-11(3)13-8-12(21-4)6-7-14(13)22-5/h6-8,11H,1-5H3,(H3,17,18,19,20). The number of methoxy groups -OCH3 is 2. The van der Waals surface area contributed by atoms with E-state index >= 15 is 0 Å². The van der Waals surface area contributed by atoms with Crippen molar-refractivity contribution in [3.05, 3.63) is 35.0 Å². The van der Waals surface area contributed by atoms with Gasteiger partial charge in [-0.15, -0.1) is 0 Å². The van der Waals surface area contributed by atoms with Crippen LogP contribution in [0.4, 0.5) is 11.8 Å². The molecule has 0 saturated carbocycles. The van der Waals surface area contributed by atoms with Gasteiger partial charge in [-0.2, -0.15) is 4.98 Å². The van der Waals surface area contributed by atoms with Gasteiger partial charge in [0, 0.05) is 16.8 Å². The first-order valence-corrected chi connectivity index (χ1v) is 7.05. The van der Waals surface area contributed by atoms with Gasteiger partial charge in [-0.25, -0.2) is 4.98 Å². The van der Waals surface area contributed by atoms with Crippen LogP contribution in [0.5, 0.6) is 11.5 Å². The first-order valence-electron chi connectivity index (χ1n) is 7.05. The maximum Gasteiger partial charge on any atom is 0.222 e. The number of nitrogen functional groups attached to an aromatic ring is 1. The molecule has 1 aromatic carbocycles. The zero-order valence-electron chi connectivity index (χ0n) is 13.6. The molecular weight excluding hydrogens is 280 g/mol. The molecule has 6 nitrogen and oxygen atoms in total. The number of anilines is 2. The predicted octanol–water partition coefficient (Wildman–Crippen LogP) is 2.87. The normalized spacial score (nSPS) is 11.9. The van der Waals surface area contributed by atoms with Crippen LogP contribution >= 0.6 is 0 Å². The Bertz CT molecular complexity index is 673. The van der Waals surface area contributed by atoms with Crippen molar-refractivity contribution in [3.63, 3.8) is 0 Å². The summed E-state index contributed by atoms with van der Waals surface area (Å²) in [7, 11) is 3.29. The molecule has 1 heterocycles. The monoisotopic (exact) mass is 302 g/mol. The van der Waals surface area contributed by atoms with Gasteiger partial charge in [-0.1, -0.05) is 0 Å². The number of nitrogens with zero attached hydrogens (tertiary/aromatic N) is 2. The van der Waals surface area contributed by atoms with E-state index in [9.17, 15) is 0 Å². The quantitative estimate of drug-likeness (QED) is 0.883. The fourth-order valence-corrected chi connectivity index (χ4v) is 2.25. The van der Waals surface area contributed by atoms with Crippen molar-refractivity contribution in [2.75, 3.05) is 25.3 Å². The largest absolute Gasteiger partial charge is 0.497 e. The summed E-state index contributed by atoms with van der Waals surface area (Å²) < 4.78 is 10.7. The highest BCUT2D eigenvalue weighted by molar-refractivity contribution is 5.52. The van der Waals surface area contributed by atoms with Crippen LogP contribution in [-0.4, -0.2) is 24.2 Å². The van der Waals surface area contributed by atoms with Gasteiger partial charge in [0.2, 0.25) is 5.95 Å². The Morgan fingerprint density at radius 1 is 1.14 bits per heavy atom. The van der Waals surface area contributed by atoms with E-state index in [2.05, 4.69) is 15.3 Å². The van der Waals surface area contributed by atoms with Crippen LogP contribution < -0.4 is 20.5 Å². The first kappa shape index (κ1) is 15.9. The maximum atomic E-state index is 5.74. The lowest BCUT2D eigenvalue weighted by Crippen LogP contribution is -2.13. The fraction of sp³-hybridized carbons (Fsp3) is 0.375. The minimum atomic E-state index is -0.0301. The number of nitrogens with one attached hydrogen (secondary N) is 1. The topological polar surface area (TPSA) is 82.3 Å². The highest BCUT2D eigenvalue weighted by Gasteiger charge is 2.15. The van der Waals surface area contributed by atoms with E-state index in [4.69, 9.17) is 15.2 Å². The number of ether oxygens (including phenoxy) is 2. The highest BCUT2D eigenvalue weighted by Crippen LogP contribution is 2.31. The predicted molar refractivity (Wildman–Crippen MR) is 87.5 cm³/mol. The Morgan fingerprint density at radius 2 is 1.86 bits per heavy atom. The molecule has 0 aliphatic rings. The van der Waals surface area contributed by atoms with E-state index in [1.54, 1.807) is 14.2 Å². The minimum absolute atomic E-state index is 0.0301. The summed E-state index contributed by atoms with van der Waals surface area (Å²) >= 11 is 0. The summed E-state index contributed by atoms with van der Waals surface area (Å²) in [5.41, 5.74) is 8.56. The van der Waals surface area contributed by atoms with Crippen molar-refractivity contribution in [1.29, 1.82) is 0 Å². The van der Waals surface area contributed by atoms with Gasteiger partial charge >= 0.3 is 0 Å². The van der Waals surface area contributed by atoms with E-state index < -0.39 is 0 Å². The van der Waals surface area contributed by atoms with E-state index in [0.717, 1.165) is 34.1 Å². The van der Waals surface area contributed by atoms with Gasteiger partial charge in [0.25, 0.3) is 0 Å². The number of aromatic nitrogens is 2. The van der Waals surface area contributed by atoms with Crippen molar-refractivity contribution in [3.8, 4) is 11.5 Å². The molecule has 1 aromatic heterocycles. The molecule has 6 heteroatoms. The molecule has 0 bridgehead atoms. The van der Waals surface area contributed by atoms with Crippen LogP contribution in [0.1, 0.15) is 29.8 Å². The second-order valence-corrected chi connectivity index (χ2v) is 5.11. The molecule has 2 aromatic rings. The summed E-state index contributed by atoms with van der Waals surface area (Å²) in [6, 6.07) is 5.67. The lowest BCUT2D eigenvalue weighted by Gasteiger charge is -2.20. The van der Waals surface area contributed by atoms with Crippen LogP contribution in [-0.2, 0) is 0 Å². The Hall–Kier alpha value is -2.50. The Labute approximate surface area is 130 Å². The van der Waals surface area contributed by atoms with Crippen LogP contribution in [0.15, 0.2) is 18.2 Å². The average molecular weight is 302 g/mol. The molecule has 0 saturated heterocycles. The van der Waals surface area contributed by atoms with E-state index in [0.29, 0.717) is 0 Å². The van der Waals surface area contributed by atoms with Gasteiger partial charge in [0.05, 0.1) is 20.3 Å². The molecule has 0 fully saturated rings. The van der Waals surface area contributed by atoms with Crippen molar-refractivity contribution in [1.82, 2.24) is 9.97 Å². The second kappa shape index (κ2) is 6.51. The SMILES string of the molecule is COc1ccc(OC)c(C(C)Nc2nc(N)nc(C)c2C)c1. The second-order valence-electron chi connectivity index (χ2n) is 5.11.